The van der Waals surface area contributed by atoms with Crippen molar-refractivity contribution >= 4 is 5.95 Å². The molecule has 1 aromatic heterocycles. The summed E-state index contributed by atoms with van der Waals surface area (Å²) >= 11 is 0. The van der Waals surface area contributed by atoms with Gasteiger partial charge in [0.05, 0.1) is 0 Å². The summed E-state index contributed by atoms with van der Waals surface area (Å²) in [6.45, 7) is 3.50. The first-order chi connectivity index (χ1) is 10.3. The lowest BCUT2D eigenvalue weighted by Gasteiger charge is -2.27. The van der Waals surface area contributed by atoms with E-state index < -0.39 is 0 Å². The van der Waals surface area contributed by atoms with Crippen LogP contribution >= 0.6 is 0 Å². The highest BCUT2D eigenvalue weighted by Gasteiger charge is 2.20. The van der Waals surface area contributed by atoms with Crippen LogP contribution in [-0.2, 0) is 0 Å². The van der Waals surface area contributed by atoms with Gasteiger partial charge in [-0.2, -0.15) is 0 Å². The number of nitrogens with zero attached hydrogens (tertiary/aromatic N) is 2. The highest BCUT2D eigenvalue weighted by Crippen LogP contribution is 2.32. The lowest BCUT2D eigenvalue weighted by atomic mass is 9.81. The second-order valence-electron chi connectivity index (χ2n) is 7.30. The number of anilines is 1. The summed E-state index contributed by atoms with van der Waals surface area (Å²) in [5.74, 6) is 2.97. The van der Waals surface area contributed by atoms with E-state index in [2.05, 4.69) is 28.0 Å². The zero-order valence-corrected chi connectivity index (χ0v) is 13.6. The molecule has 1 heterocycles. The van der Waals surface area contributed by atoms with Gasteiger partial charge in [-0.05, 0) is 37.5 Å². The average molecular weight is 289 g/mol. The van der Waals surface area contributed by atoms with Crippen molar-refractivity contribution in [3.8, 4) is 0 Å². The minimum atomic E-state index is 0.679. The Morgan fingerprint density at radius 2 is 2.00 bits per heavy atom. The number of nitrogens with one attached hydrogen (secondary N) is 1. The van der Waals surface area contributed by atoms with Gasteiger partial charge in [0.2, 0.25) is 5.95 Å². The average Bonchev–Trinajstić information content (AvgIpc) is 2.97. The van der Waals surface area contributed by atoms with Gasteiger partial charge in [-0.15, -0.1) is 0 Å². The van der Waals surface area contributed by atoms with E-state index in [1.807, 2.05) is 6.20 Å². The fraction of sp³-hybridized carbons (Fsp3) is 0.833. The normalized spacial score (nSPS) is 27.7. The molecule has 0 spiro atoms. The second kappa shape index (κ2) is 7.33. The van der Waals surface area contributed by atoms with E-state index in [-0.39, 0.29) is 0 Å². The van der Waals surface area contributed by atoms with Crippen LogP contribution in [0.4, 0.5) is 5.95 Å². The quantitative estimate of drug-likeness (QED) is 0.825. The minimum Gasteiger partial charge on any atom is -0.356 e. The monoisotopic (exact) mass is 289 g/mol. The Balaban J connectivity index is 1.48. The van der Waals surface area contributed by atoms with Gasteiger partial charge in [-0.3, -0.25) is 0 Å². The van der Waals surface area contributed by atoms with Crippen LogP contribution < -0.4 is 5.32 Å². The van der Waals surface area contributed by atoms with E-state index in [4.69, 9.17) is 0 Å². The second-order valence-corrected chi connectivity index (χ2v) is 7.30. The zero-order valence-electron chi connectivity index (χ0n) is 13.6. The molecule has 1 N–H and O–H groups in total. The molecular formula is C18H31N3. The van der Waals surface area contributed by atoms with E-state index in [0.717, 1.165) is 24.3 Å². The molecule has 0 aliphatic heterocycles. The molecule has 2 aliphatic rings. The van der Waals surface area contributed by atoms with Gasteiger partial charge in [-0.1, -0.05) is 45.4 Å². The number of hydrogen-bond donors (Lipinski definition) is 1. The highest BCUT2D eigenvalue weighted by atomic mass is 15.2. The van der Waals surface area contributed by atoms with E-state index in [9.17, 15) is 0 Å². The van der Waals surface area contributed by atoms with Gasteiger partial charge >= 0.3 is 0 Å². The SMILES string of the molecule is CC1CCCC(CCNc2nccn2C2CCCCC2)C1. The first-order valence-corrected chi connectivity index (χ1v) is 9.09. The van der Waals surface area contributed by atoms with Crippen molar-refractivity contribution in [2.45, 2.75) is 77.2 Å². The van der Waals surface area contributed by atoms with Crippen molar-refractivity contribution in [3.63, 3.8) is 0 Å². The predicted molar refractivity (Wildman–Crippen MR) is 88.6 cm³/mol. The molecule has 2 unspecified atom stereocenters. The standard InChI is InChI=1S/C18H31N3/c1-15-6-5-7-16(14-15)10-11-19-18-20-12-13-21(18)17-8-3-2-4-9-17/h12-13,15-17H,2-11,14H2,1H3,(H,19,20). The Labute approximate surface area is 129 Å². The van der Waals surface area contributed by atoms with Crippen molar-refractivity contribution in [2.75, 3.05) is 11.9 Å². The van der Waals surface area contributed by atoms with Crippen LogP contribution in [0.25, 0.3) is 0 Å². The fourth-order valence-electron chi connectivity index (χ4n) is 4.31. The van der Waals surface area contributed by atoms with Crippen LogP contribution in [0, 0.1) is 11.8 Å². The predicted octanol–water partition coefficient (Wildman–Crippen LogP) is 5.02. The van der Waals surface area contributed by atoms with E-state index in [0.29, 0.717) is 6.04 Å². The maximum atomic E-state index is 4.54. The molecule has 3 rings (SSSR count). The highest BCUT2D eigenvalue weighted by molar-refractivity contribution is 5.26. The van der Waals surface area contributed by atoms with Crippen LogP contribution in [0.2, 0.25) is 0 Å². The summed E-state index contributed by atoms with van der Waals surface area (Å²) in [6.07, 6.45) is 18.0. The van der Waals surface area contributed by atoms with Crippen LogP contribution in [0.15, 0.2) is 12.4 Å². The number of imidazole rings is 1. The minimum absolute atomic E-state index is 0.679. The van der Waals surface area contributed by atoms with Crippen LogP contribution in [0.1, 0.15) is 77.2 Å². The molecule has 2 saturated carbocycles. The third-order valence-electron chi connectivity index (χ3n) is 5.52. The first-order valence-electron chi connectivity index (χ1n) is 9.09. The first kappa shape index (κ1) is 14.9. The molecule has 21 heavy (non-hydrogen) atoms. The Kier molecular flexibility index (Phi) is 5.21. The van der Waals surface area contributed by atoms with Crippen molar-refractivity contribution in [1.82, 2.24) is 9.55 Å². The maximum absolute atomic E-state index is 4.54. The molecule has 2 aliphatic carbocycles. The van der Waals surface area contributed by atoms with Crippen molar-refractivity contribution < 1.29 is 0 Å². The Bertz CT molecular complexity index is 420. The molecule has 0 saturated heterocycles. The van der Waals surface area contributed by atoms with Crippen LogP contribution in [0.3, 0.4) is 0 Å². The molecule has 0 aromatic carbocycles. The fourth-order valence-corrected chi connectivity index (χ4v) is 4.31. The van der Waals surface area contributed by atoms with Crippen LogP contribution in [-0.4, -0.2) is 16.1 Å². The molecule has 118 valence electrons. The summed E-state index contributed by atoms with van der Waals surface area (Å²) in [6, 6.07) is 0.679. The van der Waals surface area contributed by atoms with Crippen molar-refractivity contribution in [2.24, 2.45) is 11.8 Å². The van der Waals surface area contributed by atoms with Gasteiger partial charge in [0.25, 0.3) is 0 Å². The summed E-state index contributed by atoms with van der Waals surface area (Å²) in [4.78, 5) is 4.54. The number of aromatic nitrogens is 2. The molecule has 1 aromatic rings. The summed E-state index contributed by atoms with van der Waals surface area (Å²) in [7, 11) is 0. The van der Waals surface area contributed by atoms with E-state index >= 15 is 0 Å². The van der Waals surface area contributed by atoms with E-state index in [1.165, 1.54) is 64.2 Å². The molecule has 2 fully saturated rings. The van der Waals surface area contributed by atoms with Gasteiger partial charge < -0.3 is 9.88 Å². The van der Waals surface area contributed by atoms with Crippen molar-refractivity contribution in [3.05, 3.63) is 12.4 Å². The molecule has 0 amide bonds. The summed E-state index contributed by atoms with van der Waals surface area (Å²) < 4.78 is 2.39. The summed E-state index contributed by atoms with van der Waals surface area (Å²) in [5.41, 5.74) is 0. The smallest absolute Gasteiger partial charge is 0.203 e. The number of rotatable bonds is 5. The molecule has 2 atom stereocenters. The largest absolute Gasteiger partial charge is 0.356 e. The Morgan fingerprint density at radius 1 is 1.14 bits per heavy atom. The Hall–Kier alpha value is -0.990. The van der Waals surface area contributed by atoms with Gasteiger partial charge in [-0.25, -0.2) is 4.98 Å². The molecule has 0 bridgehead atoms. The third-order valence-corrected chi connectivity index (χ3v) is 5.52. The number of hydrogen-bond acceptors (Lipinski definition) is 2. The van der Waals surface area contributed by atoms with Crippen LogP contribution in [0.5, 0.6) is 0 Å². The maximum Gasteiger partial charge on any atom is 0.203 e. The lowest BCUT2D eigenvalue weighted by Crippen LogP contribution is -2.19. The molecular weight excluding hydrogens is 258 g/mol. The van der Waals surface area contributed by atoms with Crippen molar-refractivity contribution in [1.29, 1.82) is 0 Å². The Morgan fingerprint density at radius 3 is 2.81 bits per heavy atom. The lowest BCUT2D eigenvalue weighted by molar-refractivity contribution is 0.274. The van der Waals surface area contributed by atoms with Gasteiger partial charge in [0.1, 0.15) is 0 Å². The molecule has 0 radical (unpaired) electrons. The third kappa shape index (κ3) is 4.02. The molecule has 3 nitrogen and oxygen atoms in total. The zero-order chi connectivity index (χ0) is 14.5. The van der Waals surface area contributed by atoms with Gasteiger partial charge in [0.15, 0.2) is 0 Å². The van der Waals surface area contributed by atoms with E-state index in [1.54, 1.807) is 0 Å². The van der Waals surface area contributed by atoms with Gasteiger partial charge in [0, 0.05) is 25.0 Å². The molecule has 3 heteroatoms. The summed E-state index contributed by atoms with van der Waals surface area (Å²) in [5, 5.41) is 3.60. The topological polar surface area (TPSA) is 29.9 Å².